The molecule has 150 valence electrons. The van der Waals surface area contributed by atoms with Crippen LogP contribution in [0.15, 0.2) is 19.8 Å². The molecule has 1 aromatic carbocycles. The molecule has 1 atom stereocenters. The monoisotopic (exact) mass is 448 g/mol. The maximum atomic E-state index is 13.1. The molecule has 1 N–H and O–H groups in total. The average molecular weight is 449 g/mol. The zero-order valence-corrected chi connectivity index (χ0v) is 18.4. The van der Waals surface area contributed by atoms with Gasteiger partial charge in [0, 0.05) is 5.92 Å². The average Bonchev–Trinajstić information content (AvgIpc) is 2.63. The van der Waals surface area contributed by atoms with Gasteiger partial charge in [-0.1, -0.05) is 27.2 Å². The Hall–Kier alpha value is -2.08. The summed E-state index contributed by atoms with van der Waals surface area (Å²) in [5.74, 6) is -0.333. The van der Waals surface area contributed by atoms with Gasteiger partial charge in [0.25, 0.3) is 0 Å². The lowest BCUT2D eigenvalue weighted by Gasteiger charge is -2.30. The van der Waals surface area contributed by atoms with Crippen LogP contribution < -0.4 is 10.4 Å². The highest BCUT2D eigenvalue weighted by atomic mass is 79.9. The number of ether oxygens (including phenoxy) is 1. The van der Waals surface area contributed by atoms with Gasteiger partial charge >= 0.3 is 5.63 Å². The van der Waals surface area contributed by atoms with Crippen molar-refractivity contribution < 1.29 is 19.1 Å². The highest BCUT2D eigenvalue weighted by Crippen LogP contribution is 2.47. The minimum atomic E-state index is -0.597. The third kappa shape index (κ3) is 3.28. The van der Waals surface area contributed by atoms with Crippen LogP contribution in [0, 0.1) is 5.92 Å². The summed E-state index contributed by atoms with van der Waals surface area (Å²) in [6, 6.07) is 0. The predicted octanol–water partition coefficient (Wildman–Crippen LogP) is 5.63. The van der Waals surface area contributed by atoms with E-state index in [1.165, 1.54) is 0 Å². The van der Waals surface area contributed by atoms with E-state index in [0.717, 1.165) is 12.0 Å². The highest BCUT2D eigenvalue weighted by Gasteiger charge is 2.34. The maximum Gasteiger partial charge on any atom is 0.350 e. The molecular weight excluding hydrogens is 424 g/mol. The van der Waals surface area contributed by atoms with Gasteiger partial charge in [0.2, 0.25) is 0 Å². The molecule has 28 heavy (non-hydrogen) atoms. The van der Waals surface area contributed by atoms with Crippen LogP contribution in [-0.2, 0) is 6.42 Å². The molecule has 0 amide bonds. The van der Waals surface area contributed by atoms with Gasteiger partial charge in [0.1, 0.15) is 27.1 Å². The number of phenolic OH excluding ortho intramolecular Hbond substituents is 1. The summed E-state index contributed by atoms with van der Waals surface area (Å²) in [5.41, 5.74) is 0.160. The van der Waals surface area contributed by atoms with Crippen LogP contribution in [0.3, 0.4) is 0 Å². The summed E-state index contributed by atoms with van der Waals surface area (Å²) in [5, 5.41) is 11.5. The van der Waals surface area contributed by atoms with Gasteiger partial charge in [0.05, 0.1) is 10.9 Å². The van der Waals surface area contributed by atoms with E-state index in [4.69, 9.17) is 9.15 Å². The van der Waals surface area contributed by atoms with Crippen molar-refractivity contribution in [3.8, 4) is 11.5 Å². The normalized spacial score (nSPS) is 15.9. The van der Waals surface area contributed by atoms with E-state index >= 15 is 0 Å². The second-order valence-electron chi connectivity index (χ2n) is 7.81. The van der Waals surface area contributed by atoms with Crippen molar-refractivity contribution >= 4 is 38.8 Å². The molecule has 1 unspecified atom stereocenters. The Bertz CT molecular complexity index is 1050. The smallest absolute Gasteiger partial charge is 0.350 e. The molecular formula is C22H25BrO5. The molecule has 1 aliphatic rings. The van der Waals surface area contributed by atoms with Crippen molar-refractivity contribution in [2.45, 2.75) is 59.5 Å². The summed E-state index contributed by atoms with van der Waals surface area (Å²) in [4.78, 5) is 25.6. The zero-order valence-electron chi connectivity index (χ0n) is 16.8. The molecule has 0 saturated heterocycles. The lowest BCUT2D eigenvalue weighted by atomic mass is 9.89. The molecule has 3 rings (SSSR count). The number of fused-ring (bicyclic) bond motifs is 3. The Labute approximate surface area is 172 Å². The summed E-state index contributed by atoms with van der Waals surface area (Å²) >= 11 is 3.35. The third-order valence-electron chi connectivity index (χ3n) is 5.18. The highest BCUT2D eigenvalue weighted by molar-refractivity contribution is 9.10. The van der Waals surface area contributed by atoms with Gasteiger partial charge in [-0.15, -0.1) is 0 Å². The van der Waals surface area contributed by atoms with Crippen molar-refractivity contribution in [3.05, 3.63) is 37.7 Å². The number of aryl methyl sites for hydroxylation is 1. The van der Waals surface area contributed by atoms with Crippen LogP contribution in [0.1, 0.15) is 68.9 Å². The van der Waals surface area contributed by atoms with E-state index in [0.29, 0.717) is 34.0 Å². The van der Waals surface area contributed by atoms with Gasteiger partial charge in [-0.2, -0.15) is 0 Å². The van der Waals surface area contributed by atoms with Crippen molar-refractivity contribution in [2.24, 2.45) is 5.92 Å². The van der Waals surface area contributed by atoms with Crippen molar-refractivity contribution in [2.75, 3.05) is 0 Å². The van der Waals surface area contributed by atoms with Crippen LogP contribution in [0.25, 0.3) is 17.0 Å². The van der Waals surface area contributed by atoms with Crippen LogP contribution in [0.4, 0.5) is 0 Å². The summed E-state index contributed by atoms with van der Waals surface area (Å²) in [7, 11) is 0. The molecule has 0 saturated carbocycles. The SMILES string of the molecule is CCCc1c(Br)c(=O)oc2c(C(=O)C(C)CC)c(O)c3c(c12)OC(C)(C)C=C3. The first-order chi connectivity index (χ1) is 13.1. The van der Waals surface area contributed by atoms with Gasteiger partial charge in [-0.3, -0.25) is 4.79 Å². The Balaban J connectivity index is 2.54. The second kappa shape index (κ2) is 7.39. The van der Waals surface area contributed by atoms with E-state index < -0.39 is 11.2 Å². The molecule has 0 radical (unpaired) electrons. The number of hydrogen-bond acceptors (Lipinski definition) is 5. The fraction of sp³-hybridized carbons (Fsp3) is 0.455. The van der Waals surface area contributed by atoms with Crippen LogP contribution in [-0.4, -0.2) is 16.5 Å². The van der Waals surface area contributed by atoms with Gasteiger partial charge < -0.3 is 14.3 Å². The Kier molecular flexibility index (Phi) is 5.45. The van der Waals surface area contributed by atoms with Crippen molar-refractivity contribution in [3.63, 3.8) is 0 Å². The quantitative estimate of drug-likeness (QED) is 0.473. The minimum Gasteiger partial charge on any atom is -0.506 e. The lowest BCUT2D eigenvalue weighted by molar-refractivity contribution is 0.0925. The summed E-state index contributed by atoms with van der Waals surface area (Å²) in [6.45, 7) is 9.52. The first kappa shape index (κ1) is 20.6. The zero-order chi connectivity index (χ0) is 20.8. The topological polar surface area (TPSA) is 76.7 Å². The maximum absolute atomic E-state index is 13.1. The summed E-state index contributed by atoms with van der Waals surface area (Å²) < 4.78 is 12.1. The Morgan fingerprint density at radius 3 is 2.61 bits per heavy atom. The van der Waals surface area contributed by atoms with Crippen LogP contribution in [0.2, 0.25) is 0 Å². The molecule has 0 bridgehead atoms. The third-order valence-corrected chi connectivity index (χ3v) is 5.98. The fourth-order valence-electron chi connectivity index (χ4n) is 3.45. The van der Waals surface area contributed by atoms with E-state index in [-0.39, 0.29) is 28.6 Å². The largest absolute Gasteiger partial charge is 0.506 e. The molecule has 2 aromatic rings. The molecule has 5 nitrogen and oxygen atoms in total. The predicted molar refractivity (Wildman–Crippen MR) is 113 cm³/mol. The van der Waals surface area contributed by atoms with Crippen LogP contribution >= 0.6 is 15.9 Å². The first-order valence-corrected chi connectivity index (χ1v) is 10.4. The number of Topliss-reactive ketones (excluding diaryl/α,β-unsaturated/α-hetero) is 1. The summed E-state index contributed by atoms with van der Waals surface area (Å²) in [6.07, 6.45) is 5.62. The van der Waals surface area contributed by atoms with Crippen molar-refractivity contribution in [1.29, 1.82) is 0 Å². The standard InChI is InChI=1S/C22H25BrO5/c1-6-8-12-14-19-13(9-10-22(4,5)28-19)18(25)15(17(24)11(3)7-2)20(14)27-21(26)16(12)23/h9-11,25H,6-8H2,1-5H3. The molecule has 2 heterocycles. The number of halogens is 1. The van der Waals surface area contributed by atoms with Gasteiger partial charge in [0.15, 0.2) is 11.4 Å². The molecule has 6 heteroatoms. The number of carbonyl (C=O) groups excluding carboxylic acids is 1. The Morgan fingerprint density at radius 2 is 2.00 bits per heavy atom. The lowest BCUT2D eigenvalue weighted by Crippen LogP contribution is -2.28. The van der Waals surface area contributed by atoms with Gasteiger partial charge in [-0.05, 0) is 60.3 Å². The number of ketones is 1. The second-order valence-corrected chi connectivity index (χ2v) is 8.61. The van der Waals surface area contributed by atoms with Gasteiger partial charge in [-0.25, -0.2) is 4.79 Å². The number of hydrogen-bond donors (Lipinski definition) is 1. The van der Waals surface area contributed by atoms with Crippen molar-refractivity contribution in [1.82, 2.24) is 0 Å². The minimum absolute atomic E-state index is 0.0537. The van der Waals surface area contributed by atoms with E-state index in [1.807, 2.05) is 33.8 Å². The van der Waals surface area contributed by atoms with E-state index in [1.54, 1.807) is 13.0 Å². The number of carbonyl (C=O) groups is 1. The van der Waals surface area contributed by atoms with E-state index in [2.05, 4.69) is 15.9 Å². The number of rotatable bonds is 5. The number of phenols is 1. The molecule has 0 spiro atoms. The Morgan fingerprint density at radius 1 is 1.32 bits per heavy atom. The van der Waals surface area contributed by atoms with Crippen LogP contribution in [0.5, 0.6) is 11.5 Å². The number of aromatic hydroxyl groups is 1. The molecule has 0 aliphatic carbocycles. The molecule has 1 aliphatic heterocycles. The van der Waals surface area contributed by atoms with E-state index in [9.17, 15) is 14.7 Å². The molecule has 0 fully saturated rings. The first-order valence-electron chi connectivity index (χ1n) is 9.59. The fourth-order valence-corrected chi connectivity index (χ4v) is 3.92. The number of benzene rings is 1. The molecule has 1 aromatic heterocycles.